The van der Waals surface area contributed by atoms with Crippen molar-refractivity contribution in [3.05, 3.63) is 50.8 Å². The highest BCUT2D eigenvalue weighted by molar-refractivity contribution is 6.35. The molecule has 0 spiro atoms. The van der Waals surface area contributed by atoms with Crippen LogP contribution in [0.4, 0.5) is 0 Å². The predicted molar refractivity (Wildman–Crippen MR) is 86.1 cm³/mol. The van der Waals surface area contributed by atoms with Gasteiger partial charge in [0, 0.05) is 26.9 Å². The number of aromatic nitrogens is 2. The molecule has 0 aliphatic carbocycles. The van der Waals surface area contributed by atoms with E-state index >= 15 is 0 Å². The molecular weight excluding hydrogens is 315 g/mol. The lowest BCUT2D eigenvalue weighted by atomic mass is 10.1. The molecule has 0 saturated carbocycles. The Morgan fingerprint density at radius 2 is 1.70 bits per heavy atom. The molecule has 2 aromatic rings. The minimum Gasteiger partial charge on any atom is -0.264 e. The summed E-state index contributed by atoms with van der Waals surface area (Å²) in [5.74, 6) is 0.489. The second kappa shape index (κ2) is 6.84. The molecule has 5 heteroatoms. The van der Waals surface area contributed by atoms with E-state index in [0.717, 1.165) is 35.4 Å². The monoisotopic (exact) mass is 330 g/mol. The molecule has 2 nitrogen and oxygen atoms in total. The van der Waals surface area contributed by atoms with Gasteiger partial charge in [0.1, 0.15) is 0 Å². The molecule has 0 amide bonds. The van der Waals surface area contributed by atoms with E-state index in [1.807, 2.05) is 22.9 Å². The van der Waals surface area contributed by atoms with E-state index in [1.165, 1.54) is 0 Å². The van der Waals surface area contributed by atoms with Gasteiger partial charge in [0.15, 0.2) is 0 Å². The molecule has 0 aliphatic heterocycles. The number of benzene rings is 1. The molecule has 1 aromatic carbocycles. The van der Waals surface area contributed by atoms with Gasteiger partial charge < -0.3 is 0 Å². The average molecular weight is 332 g/mol. The largest absolute Gasteiger partial charge is 0.264 e. The van der Waals surface area contributed by atoms with Crippen LogP contribution in [0.3, 0.4) is 0 Å². The van der Waals surface area contributed by atoms with Crippen LogP contribution in [-0.4, -0.2) is 9.78 Å². The number of aryl methyl sites for hydroxylation is 1. The van der Waals surface area contributed by atoms with Crippen molar-refractivity contribution in [2.24, 2.45) is 0 Å². The third-order valence-corrected chi connectivity index (χ3v) is 4.40. The molecule has 0 aliphatic rings. The SMILES string of the molecule is CCc1nn(Cc2c(Cl)cccc2Cl)c(CC)c1CCl. The van der Waals surface area contributed by atoms with Gasteiger partial charge in [-0.05, 0) is 25.0 Å². The van der Waals surface area contributed by atoms with Gasteiger partial charge in [0.2, 0.25) is 0 Å². The summed E-state index contributed by atoms with van der Waals surface area (Å²) in [6, 6.07) is 5.54. The summed E-state index contributed by atoms with van der Waals surface area (Å²) in [5, 5.41) is 6.00. The number of rotatable bonds is 5. The van der Waals surface area contributed by atoms with Crippen molar-refractivity contribution in [3.63, 3.8) is 0 Å². The van der Waals surface area contributed by atoms with Crippen LogP contribution in [0.1, 0.15) is 36.4 Å². The fourth-order valence-electron chi connectivity index (χ4n) is 2.39. The Labute approximate surface area is 134 Å². The Bertz CT molecular complexity index is 585. The van der Waals surface area contributed by atoms with E-state index in [9.17, 15) is 0 Å². The number of hydrogen-bond donors (Lipinski definition) is 0. The summed E-state index contributed by atoms with van der Waals surface area (Å²) in [7, 11) is 0. The van der Waals surface area contributed by atoms with Crippen LogP contribution in [0.2, 0.25) is 10.0 Å². The van der Waals surface area contributed by atoms with Gasteiger partial charge in [0.25, 0.3) is 0 Å². The molecule has 20 heavy (non-hydrogen) atoms. The number of halogens is 3. The smallest absolute Gasteiger partial charge is 0.0692 e. The van der Waals surface area contributed by atoms with Crippen molar-refractivity contribution in [1.82, 2.24) is 9.78 Å². The van der Waals surface area contributed by atoms with Crippen LogP contribution in [0.5, 0.6) is 0 Å². The maximum Gasteiger partial charge on any atom is 0.0692 e. The number of alkyl halides is 1. The lowest BCUT2D eigenvalue weighted by molar-refractivity contribution is 0.640. The summed E-state index contributed by atoms with van der Waals surface area (Å²) in [6.07, 6.45) is 1.76. The first-order chi connectivity index (χ1) is 9.62. The average Bonchev–Trinajstić information content (AvgIpc) is 2.79. The molecule has 0 radical (unpaired) electrons. The Hall–Kier alpha value is -0.700. The van der Waals surface area contributed by atoms with Crippen molar-refractivity contribution < 1.29 is 0 Å². The van der Waals surface area contributed by atoms with Crippen LogP contribution in [0.15, 0.2) is 18.2 Å². The Morgan fingerprint density at radius 1 is 1.05 bits per heavy atom. The fourth-order valence-corrected chi connectivity index (χ4v) is 3.21. The Balaban J connectivity index is 2.46. The van der Waals surface area contributed by atoms with Crippen LogP contribution in [0.25, 0.3) is 0 Å². The third-order valence-electron chi connectivity index (χ3n) is 3.42. The molecule has 1 heterocycles. The summed E-state index contributed by atoms with van der Waals surface area (Å²) < 4.78 is 1.98. The van der Waals surface area contributed by atoms with Crippen molar-refractivity contribution in [1.29, 1.82) is 0 Å². The molecule has 108 valence electrons. The molecule has 0 bridgehead atoms. The Morgan fingerprint density at radius 3 is 2.20 bits per heavy atom. The highest BCUT2D eigenvalue weighted by atomic mass is 35.5. The minimum atomic E-state index is 0.489. The number of hydrogen-bond acceptors (Lipinski definition) is 1. The van der Waals surface area contributed by atoms with E-state index in [-0.39, 0.29) is 0 Å². The first-order valence-electron chi connectivity index (χ1n) is 6.68. The van der Waals surface area contributed by atoms with Gasteiger partial charge in [-0.1, -0.05) is 43.1 Å². The maximum atomic E-state index is 6.24. The molecule has 0 atom stereocenters. The molecular formula is C15H17Cl3N2. The second-order valence-electron chi connectivity index (χ2n) is 4.57. The van der Waals surface area contributed by atoms with Crippen LogP contribution in [0, 0.1) is 0 Å². The van der Waals surface area contributed by atoms with Crippen molar-refractivity contribution in [2.75, 3.05) is 0 Å². The summed E-state index contributed by atoms with van der Waals surface area (Å²) in [6.45, 7) is 4.77. The zero-order valence-corrected chi connectivity index (χ0v) is 13.9. The van der Waals surface area contributed by atoms with E-state index in [2.05, 4.69) is 18.9 Å². The van der Waals surface area contributed by atoms with Crippen molar-refractivity contribution in [2.45, 2.75) is 39.1 Å². The minimum absolute atomic E-state index is 0.489. The fraction of sp³-hybridized carbons (Fsp3) is 0.400. The van der Waals surface area contributed by atoms with Gasteiger partial charge in [-0.25, -0.2) is 0 Å². The standard InChI is InChI=1S/C15H17Cl3N2/c1-3-14-10(8-16)15(4-2)20(19-14)9-11-12(17)6-5-7-13(11)18/h5-7H,3-4,8-9H2,1-2H3. The van der Waals surface area contributed by atoms with Gasteiger partial charge in [-0.3, -0.25) is 4.68 Å². The lowest BCUT2D eigenvalue weighted by Crippen LogP contribution is -2.07. The second-order valence-corrected chi connectivity index (χ2v) is 5.65. The molecule has 2 rings (SSSR count). The van der Waals surface area contributed by atoms with Gasteiger partial charge >= 0.3 is 0 Å². The van der Waals surface area contributed by atoms with Crippen LogP contribution in [-0.2, 0) is 25.3 Å². The predicted octanol–water partition coefficient (Wildman–Crippen LogP) is 5.10. The highest BCUT2D eigenvalue weighted by Crippen LogP contribution is 2.27. The van der Waals surface area contributed by atoms with Crippen molar-refractivity contribution in [3.8, 4) is 0 Å². The Kier molecular flexibility index (Phi) is 5.36. The zero-order valence-electron chi connectivity index (χ0n) is 11.6. The molecule has 1 aromatic heterocycles. The topological polar surface area (TPSA) is 17.8 Å². The van der Waals surface area contributed by atoms with Gasteiger partial charge in [0.05, 0.1) is 18.1 Å². The van der Waals surface area contributed by atoms with E-state index in [4.69, 9.17) is 34.8 Å². The van der Waals surface area contributed by atoms with E-state index in [1.54, 1.807) is 0 Å². The van der Waals surface area contributed by atoms with Gasteiger partial charge in [-0.2, -0.15) is 5.10 Å². The lowest BCUT2D eigenvalue weighted by Gasteiger charge is -2.10. The molecule has 0 unspecified atom stereocenters. The quantitative estimate of drug-likeness (QED) is 0.697. The molecule has 0 N–H and O–H groups in total. The highest BCUT2D eigenvalue weighted by Gasteiger charge is 2.16. The summed E-state index contributed by atoms with van der Waals surface area (Å²) in [4.78, 5) is 0. The zero-order chi connectivity index (χ0) is 14.7. The molecule has 0 saturated heterocycles. The first kappa shape index (κ1) is 15.7. The normalized spacial score (nSPS) is 11.1. The van der Waals surface area contributed by atoms with Crippen LogP contribution >= 0.6 is 34.8 Å². The maximum absolute atomic E-state index is 6.24. The number of nitrogens with zero attached hydrogens (tertiary/aromatic N) is 2. The van der Waals surface area contributed by atoms with E-state index in [0.29, 0.717) is 22.5 Å². The van der Waals surface area contributed by atoms with Gasteiger partial charge in [-0.15, -0.1) is 11.6 Å². The third kappa shape index (κ3) is 2.98. The summed E-state index contributed by atoms with van der Waals surface area (Å²) in [5.41, 5.74) is 4.25. The molecule has 0 fully saturated rings. The van der Waals surface area contributed by atoms with E-state index < -0.39 is 0 Å². The van der Waals surface area contributed by atoms with Crippen LogP contribution < -0.4 is 0 Å². The summed E-state index contributed by atoms with van der Waals surface area (Å²) >= 11 is 18.5. The van der Waals surface area contributed by atoms with Crippen molar-refractivity contribution >= 4 is 34.8 Å². The first-order valence-corrected chi connectivity index (χ1v) is 7.97.